The van der Waals surface area contributed by atoms with Crippen molar-refractivity contribution in [2.45, 2.75) is 6.42 Å². The zero-order chi connectivity index (χ0) is 11.7. The minimum absolute atomic E-state index is 0.0523. The number of carbonyl (C=O) groups excluding carboxylic acids is 1. The van der Waals surface area contributed by atoms with E-state index in [-0.39, 0.29) is 5.91 Å². The van der Waals surface area contributed by atoms with Crippen LogP contribution in [0.4, 0.5) is 11.4 Å². The topological polar surface area (TPSA) is 57.3 Å². The van der Waals surface area contributed by atoms with E-state index in [1.807, 2.05) is 6.07 Å². The first-order valence-corrected chi connectivity index (χ1v) is 6.02. The number of anilines is 2. The Morgan fingerprint density at radius 2 is 2.47 bits per heavy atom. The zero-order valence-electron chi connectivity index (χ0n) is 9.65. The second-order valence-electron chi connectivity index (χ2n) is 4.68. The minimum atomic E-state index is 0.0523. The molecule has 3 heterocycles. The summed E-state index contributed by atoms with van der Waals surface area (Å²) in [5.74, 6) is 0.693. The number of pyridine rings is 1. The van der Waals surface area contributed by atoms with Crippen LogP contribution in [0, 0.1) is 5.92 Å². The first kappa shape index (κ1) is 10.5. The van der Waals surface area contributed by atoms with Crippen LogP contribution in [-0.2, 0) is 4.79 Å². The molecule has 1 aromatic rings. The van der Waals surface area contributed by atoms with E-state index in [0.717, 1.165) is 31.0 Å². The SMILES string of the molecule is O=C1CN(CC2CCNC2)c2ccncc2N1. The molecule has 1 saturated heterocycles. The van der Waals surface area contributed by atoms with Crippen LogP contribution in [0.3, 0.4) is 0 Å². The van der Waals surface area contributed by atoms with Crippen LogP contribution in [0.25, 0.3) is 0 Å². The summed E-state index contributed by atoms with van der Waals surface area (Å²) < 4.78 is 0. The fourth-order valence-electron chi connectivity index (χ4n) is 2.55. The highest BCUT2D eigenvalue weighted by molar-refractivity contribution is 6.00. The Hall–Kier alpha value is -1.62. The van der Waals surface area contributed by atoms with Crippen molar-refractivity contribution >= 4 is 17.3 Å². The van der Waals surface area contributed by atoms with Crippen LogP contribution in [-0.4, -0.2) is 37.1 Å². The maximum absolute atomic E-state index is 11.6. The summed E-state index contributed by atoms with van der Waals surface area (Å²) in [5.41, 5.74) is 1.92. The van der Waals surface area contributed by atoms with E-state index in [1.54, 1.807) is 12.4 Å². The van der Waals surface area contributed by atoms with Crippen molar-refractivity contribution in [3.63, 3.8) is 0 Å². The molecule has 17 heavy (non-hydrogen) atoms. The van der Waals surface area contributed by atoms with Crippen molar-refractivity contribution in [2.24, 2.45) is 5.92 Å². The van der Waals surface area contributed by atoms with Gasteiger partial charge in [0.25, 0.3) is 0 Å². The van der Waals surface area contributed by atoms with Crippen LogP contribution in [0.15, 0.2) is 18.5 Å². The Labute approximate surface area is 100 Å². The van der Waals surface area contributed by atoms with Gasteiger partial charge in [0.15, 0.2) is 0 Å². The summed E-state index contributed by atoms with van der Waals surface area (Å²) in [6.07, 6.45) is 4.68. The number of amides is 1. The Balaban J connectivity index is 1.81. The molecule has 1 unspecified atom stereocenters. The predicted octanol–water partition coefficient (Wildman–Crippen LogP) is 0.450. The van der Waals surface area contributed by atoms with Gasteiger partial charge in [0.2, 0.25) is 5.91 Å². The lowest BCUT2D eigenvalue weighted by molar-refractivity contribution is -0.115. The molecule has 0 bridgehead atoms. The maximum Gasteiger partial charge on any atom is 0.243 e. The van der Waals surface area contributed by atoms with E-state index in [0.29, 0.717) is 12.5 Å². The number of carbonyl (C=O) groups is 1. The molecule has 0 aromatic carbocycles. The van der Waals surface area contributed by atoms with Crippen LogP contribution < -0.4 is 15.5 Å². The number of aromatic nitrogens is 1. The molecule has 1 amide bonds. The van der Waals surface area contributed by atoms with Crippen LogP contribution in [0.1, 0.15) is 6.42 Å². The van der Waals surface area contributed by atoms with Gasteiger partial charge in [-0.25, -0.2) is 0 Å². The molecule has 2 aliphatic rings. The minimum Gasteiger partial charge on any atom is -0.360 e. The van der Waals surface area contributed by atoms with E-state index < -0.39 is 0 Å². The number of rotatable bonds is 2. The molecular weight excluding hydrogens is 216 g/mol. The standard InChI is InChI=1S/C12H16N4O/c17-12-8-16(7-9-1-3-13-5-9)11-2-4-14-6-10(11)15-12/h2,4,6,9,13H,1,3,5,7-8H2,(H,15,17). The van der Waals surface area contributed by atoms with Gasteiger partial charge in [0.1, 0.15) is 0 Å². The first-order chi connectivity index (χ1) is 8.33. The molecule has 1 aromatic heterocycles. The molecule has 3 rings (SSSR count). The fourth-order valence-corrected chi connectivity index (χ4v) is 2.55. The molecule has 1 fully saturated rings. The molecule has 2 N–H and O–H groups in total. The summed E-state index contributed by atoms with van der Waals surface area (Å²) in [4.78, 5) is 17.8. The number of hydrogen-bond donors (Lipinski definition) is 2. The highest BCUT2D eigenvalue weighted by Crippen LogP contribution is 2.29. The summed E-state index contributed by atoms with van der Waals surface area (Å²) >= 11 is 0. The Kier molecular flexibility index (Phi) is 2.68. The van der Waals surface area contributed by atoms with Gasteiger partial charge in [-0.05, 0) is 31.5 Å². The van der Waals surface area contributed by atoms with E-state index in [4.69, 9.17) is 0 Å². The monoisotopic (exact) mass is 232 g/mol. The van der Waals surface area contributed by atoms with Crippen molar-refractivity contribution in [1.82, 2.24) is 10.3 Å². The largest absolute Gasteiger partial charge is 0.360 e. The molecule has 0 spiro atoms. The van der Waals surface area contributed by atoms with Gasteiger partial charge in [-0.15, -0.1) is 0 Å². The Morgan fingerprint density at radius 1 is 1.53 bits per heavy atom. The number of nitrogens with one attached hydrogen (secondary N) is 2. The normalized spacial score (nSPS) is 23.4. The number of hydrogen-bond acceptors (Lipinski definition) is 4. The third-order valence-electron chi connectivity index (χ3n) is 3.39. The Bertz CT molecular complexity index is 428. The van der Waals surface area contributed by atoms with Gasteiger partial charge in [-0.1, -0.05) is 0 Å². The molecule has 0 saturated carbocycles. The third kappa shape index (κ3) is 2.10. The van der Waals surface area contributed by atoms with Crippen molar-refractivity contribution in [3.8, 4) is 0 Å². The van der Waals surface area contributed by atoms with Crippen LogP contribution in [0.5, 0.6) is 0 Å². The van der Waals surface area contributed by atoms with E-state index >= 15 is 0 Å². The summed E-state index contributed by atoms with van der Waals surface area (Å²) in [6.45, 7) is 3.54. The molecule has 2 aliphatic heterocycles. The van der Waals surface area contributed by atoms with Crippen molar-refractivity contribution < 1.29 is 4.79 Å². The maximum atomic E-state index is 11.6. The lowest BCUT2D eigenvalue weighted by atomic mass is 10.1. The zero-order valence-corrected chi connectivity index (χ0v) is 9.65. The molecule has 5 heteroatoms. The lowest BCUT2D eigenvalue weighted by Crippen LogP contribution is -2.41. The van der Waals surface area contributed by atoms with Gasteiger partial charge in [-0.2, -0.15) is 0 Å². The van der Waals surface area contributed by atoms with Crippen LogP contribution >= 0.6 is 0 Å². The summed E-state index contributed by atoms with van der Waals surface area (Å²) in [6, 6.07) is 1.97. The average molecular weight is 232 g/mol. The van der Waals surface area contributed by atoms with E-state index in [1.165, 1.54) is 6.42 Å². The van der Waals surface area contributed by atoms with Gasteiger partial charge in [0.05, 0.1) is 24.1 Å². The smallest absolute Gasteiger partial charge is 0.243 e. The summed E-state index contributed by atoms with van der Waals surface area (Å²) in [7, 11) is 0. The van der Waals surface area contributed by atoms with Gasteiger partial charge in [0, 0.05) is 12.7 Å². The molecule has 5 nitrogen and oxygen atoms in total. The first-order valence-electron chi connectivity index (χ1n) is 6.02. The molecule has 90 valence electrons. The second kappa shape index (κ2) is 4.33. The highest BCUT2D eigenvalue weighted by atomic mass is 16.2. The molecule has 1 atom stereocenters. The fraction of sp³-hybridized carbons (Fsp3) is 0.500. The quantitative estimate of drug-likeness (QED) is 0.777. The van der Waals surface area contributed by atoms with Crippen LogP contribution in [0.2, 0.25) is 0 Å². The van der Waals surface area contributed by atoms with Crippen molar-refractivity contribution in [3.05, 3.63) is 18.5 Å². The predicted molar refractivity (Wildman–Crippen MR) is 66.1 cm³/mol. The molecule has 0 radical (unpaired) electrons. The lowest BCUT2D eigenvalue weighted by Gasteiger charge is -2.32. The second-order valence-corrected chi connectivity index (χ2v) is 4.68. The van der Waals surface area contributed by atoms with Crippen molar-refractivity contribution in [2.75, 3.05) is 36.4 Å². The number of nitrogens with zero attached hydrogens (tertiary/aromatic N) is 2. The number of fused-ring (bicyclic) bond motifs is 1. The summed E-state index contributed by atoms with van der Waals surface area (Å²) in [5, 5.41) is 6.21. The van der Waals surface area contributed by atoms with E-state index in [2.05, 4.69) is 20.5 Å². The Morgan fingerprint density at radius 3 is 3.29 bits per heavy atom. The third-order valence-corrected chi connectivity index (χ3v) is 3.39. The van der Waals surface area contributed by atoms with Gasteiger partial charge in [-0.3, -0.25) is 9.78 Å². The van der Waals surface area contributed by atoms with Crippen molar-refractivity contribution in [1.29, 1.82) is 0 Å². The average Bonchev–Trinajstić information content (AvgIpc) is 2.81. The molecular formula is C12H16N4O. The van der Waals surface area contributed by atoms with Gasteiger partial charge < -0.3 is 15.5 Å². The molecule has 0 aliphatic carbocycles. The highest BCUT2D eigenvalue weighted by Gasteiger charge is 2.25. The van der Waals surface area contributed by atoms with E-state index in [9.17, 15) is 4.79 Å². The van der Waals surface area contributed by atoms with Gasteiger partial charge >= 0.3 is 0 Å².